The second-order valence-corrected chi connectivity index (χ2v) is 5.31. The minimum absolute atomic E-state index is 0.0207. The molecule has 106 valence electrons. The number of nitrogens with two attached hydrogens (primary N) is 1. The van der Waals surface area contributed by atoms with Gasteiger partial charge in [-0.3, -0.25) is 5.43 Å². The molecule has 0 aliphatic carbocycles. The first kappa shape index (κ1) is 12.7. The molecule has 0 saturated carbocycles. The highest BCUT2D eigenvalue weighted by atomic mass is 15.4. The predicted octanol–water partition coefficient (Wildman–Crippen LogP) is 0.117. The fraction of sp³-hybridized carbons (Fsp3) is 0.545. The van der Waals surface area contributed by atoms with Crippen molar-refractivity contribution in [3.05, 3.63) is 12.7 Å². The number of nitrogens with zero attached hydrogens (tertiary/aromatic N) is 7. The van der Waals surface area contributed by atoms with Crippen LogP contribution in [0.4, 0.5) is 11.9 Å². The van der Waals surface area contributed by atoms with E-state index in [0.717, 1.165) is 19.4 Å². The van der Waals surface area contributed by atoms with Gasteiger partial charge >= 0.3 is 0 Å². The number of hydrazine groups is 1. The summed E-state index contributed by atoms with van der Waals surface area (Å²) in [5, 5.41) is 4.03. The molecule has 0 aromatic carbocycles. The molecule has 3 N–H and O–H groups in total. The summed E-state index contributed by atoms with van der Waals surface area (Å²) < 4.78 is 1.48. The lowest BCUT2D eigenvalue weighted by atomic mass is 10.0. The Morgan fingerprint density at radius 2 is 2.05 bits per heavy atom. The smallest absolute Gasteiger partial charge is 0.258 e. The zero-order valence-corrected chi connectivity index (χ0v) is 11.5. The zero-order chi connectivity index (χ0) is 14.2. The Bertz CT molecular complexity index is 592. The molecule has 2 aromatic heterocycles. The van der Waals surface area contributed by atoms with Gasteiger partial charge in [0, 0.05) is 12.1 Å². The van der Waals surface area contributed by atoms with Gasteiger partial charge in [0.25, 0.3) is 5.95 Å². The third kappa shape index (κ3) is 2.16. The van der Waals surface area contributed by atoms with E-state index in [9.17, 15) is 0 Å². The molecule has 20 heavy (non-hydrogen) atoms. The first-order valence-electron chi connectivity index (χ1n) is 6.45. The molecule has 0 amide bonds. The van der Waals surface area contributed by atoms with Gasteiger partial charge in [-0.1, -0.05) is 0 Å². The molecule has 1 saturated heterocycles. The van der Waals surface area contributed by atoms with Gasteiger partial charge in [-0.05, 0) is 26.7 Å². The fourth-order valence-corrected chi connectivity index (χ4v) is 2.43. The Hall–Kier alpha value is -2.29. The molecule has 9 nitrogen and oxygen atoms in total. The highest BCUT2D eigenvalue weighted by Gasteiger charge is 2.34. The Labute approximate surface area is 116 Å². The molecule has 0 unspecified atom stereocenters. The van der Waals surface area contributed by atoms with Crippen LogP contribution in [0.25, 0.3) is 5.95 Å². The largest absolute Gasteiger partial charge is 0.336 e. The topological polar surface area (TPSA) is 111 Å². The van der Waals surface area contributed by atoms with Crippen molar-refractivity contribution in [1.29, 1.82) is 0 Å². The van der Waals surface area contributed by atoms with E-state index in [1.807, 2.05) is 0 Å². The normalized spacial score (nSPS) is 17.4. The summed E-state index contributed by atoms with van der Waals surface area (Å²) in [5.41, 5.74) is 2.49. The van der Waals surface area contributed by atoms with Crippen LogP contribution in [0.1, 0.15) is 26.7 Å². The van der Waals surface area contributed by atoms with Crippen LogP contribution in [-0.2, 0) is 0 Å². The maximum absolute atomic E-state index is 5.44. The lowest BCUT2D eigenvalue weighted by Crippen LogP contribution is -2.39. The van der Waals surface area contributed by atoms with Crippen LogP contribution in [0.2, 0.25) is 0 Å². The summed E-state index contributed by atoms with van der Waals surface area (Å²) in [6, 6.07) is 0. The van der Waals surface area contributed by atoms with Crippen LogP contribution < -0.4 is 16.2 Å². The second-order valence-electron chi connectivity index (χ2n) is 5.31. The predicted molar refractivity (Wildman–Crippen MR) is 73.2 cm³/mol. The third-order valence-electron chi connectivity index (χ3n) is 3.51. The summed E-state index contributed by atoms with van der Waals surface area (Å²) in [5.74, 6) is 6.74. The van der Waals surface area contributed by atoms with Crippen molar-refractivity contribution in [3.63, 3.8) is 0 Å². The van der Waals surface area contributed by atoms with E-state index in [2.05, 4.69) is 49.2 Å². The average molecular weight is 275 g/mol. The Kier molecular flexibility index (Phi) is 2.97. The molecule has 2 aromatic rings. The van der Waals surface area contributed by atoms with Crippen molar-refractivity contribution in [2.45, 2.75) is 32.2 Å². The number of nitrogens with one attached hydrogen (secondary N) is 1. The third-order valence-corrected chi connectivity index (χ3v) is 3.51. The Balaban J connectivity index is 2.05. The number of hydrogen-bond donors (Lipinski definition) is 2. The number of aromatic nitrogens is 6. The van der Waals surface area contributed by atoms with Gasteiger partial charge < -0.3 is 4.90 Å². The number of rotatable bonds is 3. The molecular weight excluding hydrogens is 258 g/mol. The van der Waals surface area contributed by atoms with E-state index >= 15 is 0 Å². The molecular formula is C11H17N9. The van der Waals surface area contributed by atoms with E-state index in [0.29, 0.717) is 17.8 Å². The van der Waals surface area contributed by atoms with E-state index in [1.54, 1.807) is 0 Å². The van der Waals surface area contributed by atoms with Crippen LogP contribution in [0.5, 0.6) is 0 Å². The first-order valence-corrected chi connectivity index (χ1v) is 6.45. The lowest BCUT2D eigenvalue weighted by Gasteiger charge is -2.31. The van der Waals surface area contributed by atoms with Crippen LogP contribution in [0.15, 0.2) is 12.7 Å². The molecule has 0 radical (unpaired) electrons. The van der Waals surface area contributed by atoms with Gasteiger partial charge in [0.1, 0.15) is 12.7 Å². The van der Waals surface area contributed by atoms with Crippen molar-refractivity contribution >= 4 is 11.9 Å². The molecule has 0 spiro atoms. The summed E-state index contributed by atoms with van der Waals surface area (Å²) in [7, 11) is 0. The van der Waals surface area contributed by atoms with Gasteiger partial charge in [-0.15, -0.1) is 0 Å². The van der Waals surface area contributed by atoms with Crippen molar-refractivity contribution < 1.29 is 0 Å². The SMILES string of the molecule is CC1(C)CCCN1c1nc(NN)nc(-n2cncn2)n1. The van der Waals surface area contributed by atoms with E-state index in [-0.39, 0.29) is 5.54 Å². The monoisotopic (exact) mass is 275 g/mol. The standard InChI is InChI=1S/C11H17N9/c1-11(2)4-3-5-19(11)9-15-8(18-12)16-10(17-9)20-7-13-6-14-20/h6-7H,3-5,12H2,1-2H3,(H,15,16,17,18). The quantitative estimate of drug-likeness (QED) is 0.600. The molecule has 3 rings (SSSR count). The molecule has 0 bridgehead atoms. The van der Waals surface area contributed by atoms with Gasteiger partial charge in [0.05, 0.1) is 0 Å². The first-order chi connectivity index (χ1) is 9.60. The summed E-state index contributed by atoms with van der Waals surface area (Å²) >= 11 is 0. The molecule has 1 aliphatic heterocycles. The summed E-state index contributed by atoms with van der Waals surface area (Å²) in [6.07, 6.45) is 5.18. The zero-order valence-electron chi connectivity index (χ0n) is 11.5. The Morgan fingerprint density at radius 1 is 1.25 bits per heavy atom. The van der Waals surface area contributed by atoms with Gasteiger partial charge in [-0.2, -0.15) is 24.7 Å². The minimum atomic E-state index is 0.0207. The molecule has 1 aliphatic rings. The summed E-state index contributed by atoms with van der Waals surface area (Å²) in [4.78, 5) is 19.1. The highest BCUT2D eigenvalue weighted by molar-refractivity contribution is 5.42. The van der Waals surface area contributed by atoms with Crippen LogP contribution in [0.3, 0.4) is 0 Å². The highest BCUT2D eigenvalue weighted by Crippen LogP contribution is 2.31. The van der Waals surface area contributed by atoms with Crippen LogP contribution in [0, 0.1) is 0 Å². The van der Waals surface area contributed by atoms with Gasteiger partial charge in [0.15, 0.2) is 0 Å². The van der Waals surface area contributed by atoms with Crippen LogP contribution >= 0.6 is 0 Å². The number of hydrogen-bond acceptors (Lipinski definition) is 8. The van der Waals surface area contributed by atoms with Gasteiger partial charge in [0.2, 0.25) is 11.9 Å². The van der Waals surface area contributed by atoms with E-state index in [4.69, 9.17) is 5.84 Å². The van der Waals surface area contributed by atoms with Gasteiger partial charge in [-0.25, -0.2) is 10.8 Å². The molecule has 3 heterocycles. The minimum Gasteiger partial charge on any atom is -0.336 e. The average Bonchev–Trinajstić information content (AvgIpc) is 3.07. The van der Waals surface area contributed by atoms with E-state index in [1.165, 1.54) is 17.3 Å². The van der Waals surface area contributed by atoms with Crippen molar-refractivity contribution in [2.75, 3.05) is 16.9 Å². The van der Waals surface area contributed by atoms with E-state index < -0.39 is 0 Å². The second kappa shape index (κ2) is 4.67. The maximum Gasteiger partial charge on any atom is 0.258 e. The number of nitrogen functional groups attached to an aromatic ring is 1. The van der Waals surface area contributed by atoms with Crippen molar-refractivity contribution in [1.82, 2.24) is 29.7 Å². The fourth-order valence-electron chi connectivity index (χ4n) is 2.43. The molecule has 0 atom stereocenters. The van der Waals surface area contributed by atoms with Crippen molar-refractivity contribution in [3.8, 4) is 5.95 Å². The maximum atomic E-state index is 5.44. The van der Waals surface area contributed by atoms with Crippen LogP contribution in [-0.4, -0.2) is 41.8 Å². The molecule has 1 fully saturated rings. The summed E-state index contributed by atoms with van der Waals surface area (Å²) in [6.45, 7) is 5.26. The lowest BCUT2D eigenvalue weighted by molar-refractivity contribution is 0.509. The van der Waals surface area contributed by atoms with Crippen molar-refractivity contribution in [2.24, 2.45) is 5.84 Å². The Morgan fingerprint density at radius 3 is 2.65 bits per heavy atom. The molecule has 9 heteroatoms. The number of anilines is 2.